The van der Waals surface area contributed by atoms with Crippen LogP contribution in [0.15, 0.2) is 29.2 Å². The summed E-state index contributed by atoms with van der Waals surface area (Å²) in [5.41, 5.74) is 0.382. The lowest BCUT2D eigenvalue weighted by Crippen LogP contribution is -2.36. The predicted octanol–water partition coefficient (Wildman–Crippen LogP) is 2.25. The van der Waals surface area contributed by atoms with Gasteiger partial charge in [-0.1, -0.05) is 19.9 Å². The van der Waals surface area contributed by atoms with Crippen molar-refractivity contribution in [2.24, 2.45) is 5.92 Å². The van der Waals surface area contributed by atoms with E-state index in [1.165, 1.54) is 10.4 Å². The molecule has 1 heterocycles. The lowest BCUT2D eigenvalue weighted by atomic mass is 10.1. The number of nitrogens with zero attached hydrogens (tertiary/aromatic N) is 1. The van der Waals surface area contributed by atoms with Gasteiger partial charge < -0.3 is 5.32 Å². The molecule has 1 aliphatic rings. The van der Waals surface area contributed by atoms with Gasteiger partial charge in [-0.3, -0.25) is 4.79 Å². The molecule has 122 valence electrons. The highest BCUT2D eigenvalue weighted by atomic mass is 32.2. The van der Waals surface area contributed by atoms with Crippen LogP contribution in [0, 0.1) is 5.92 Å². The van der Waals surface area contributed by atoms with Crippen molar-refractivity contribution >= 4 is 15.9 Å². The number of carbonyl (C=O) groups is 1. The zero-order valence-electron chi connectivity index (χ0n) is 13.4. The van der Waals surface area contributed by atoms with Crippen molar-refractivity contribution in [1.82, 2.24) is 9.62 Å². The maximum Gasteiger partial charge on any atom is 0.251 e. The fourth-order valence-electron chi connectivity index (χ4n) is 2.33. The number of nitrogens with one attached hydrogen (secondary N) is 1. The molecule has 0 aliphatic carbocycles. The molecule has 0 saturated carbocycles. The minimum atomic E-state index is -3.49. The van der Waals surface area contributed by atoms with Crippen LogP contribution in [0.2, 0.25) is 0 Å². The van der Waals surface area contributed by atoms with Gasteiger partial charge in [0.05, 0.1) is 4.90 Å². The third-order valence-corrected chi connectivity index (χ3v) is 6.05. The smallest absolute Gasteiger partial charge is 0.251 e. The normalized spacial score (nSPS) is 17.6. The molecule has 1 saturated heterocycles. The second kappa shape index (κ2) is 6.79. The molecule has 1 amide bonds. The molecule has 0 radical (unpaired) electrons. The van der Waals surface area contributed by atoms with Gasteiger partial charge in [0, 0.05) is 24.7 Å². The first-order valence-corrected chi connectivity index (χ1v) is 9.17. The molecular formula is C16H24N2O3S. The molecule has 1 aliphatic heterocycles. The molecule has 6 heteroatoms. The Kier molecular flexibility index (Phi) is 5.24. The second-order valence-corrected chi connectivity index (χ2v) is 8.08. The van der Waals surface area contributed by atoms with Crippen molar-refractivity contribution in [3.05, 3.63) is 29.8 Å². The lowest BCUT2D eigenvalue weighted by Gasteiger charge is -2.18. The predicted molar refractivity (Wildman–Crippen MR) is 86.2 cm³/mol. The summed E-state index contributed by atoms with van der Waals surface area (Å²) in [5.74, 6) is 0.0835. The summed E-state index contributed by atoms with van der Waals surface area (Å²) in [6.07, 6.45) is 1.79. The van der Waals surface area contributed by atoms with E-state index in [1.807, 2.05) is 20.8 Å². The summed E-state index contributed by atoms with van der Waals surface area (Å²) in [6.45, 7) is 7.11. The van der Waals surface area contributed by atoms with Crippen LogP contribution in [-0.4, -0.2) is 37.8 Å². The van der Waals surface area contributed by atoms with E-state index < -0.39 is 10.0 Å². The monoisotopic (exact) mass is 324 g/mol. The topological polar surface area (TPSA) is 66.5 Å². The number of hydrogen-bond donors (Lipinski definition) is 1. The first-order valence-electron chi connectivity index (χ1n) is 7.73. The van der Waals surface area contributed by atoms with Gasteiger partial charge in [0.2, 0.25) is 10.0 Å². The van der Waals surface area contributed by atoms with Crippen molar-refractivity contribution < 1.29 is 13.2 Å². The Morgan fingerprint density at radius 2 is 1.82 bits per heavy atom. The molecule has 0 spiro atoms. The van der Waals surface area contributed by atoms with Gasteiger partial charge in [-0.05, 0) is 43.9 Å². The van der Waals surface area contributed by atoms with Crippen LogP contribution in [0.25, 0.3) is 0 Å². The van der Waals surface area contributed by atoms with Crippen molar-refractivity contribution in [2.75, 3.05) is 13.1 Å². The van der Waals surface area contributed by atoms with Gasteiger partial charge in [0.1, 0.15) is 0 Å². The fraction of sp³-hybridized carbons (Fsp3) is 0.562. The zero-order valence-corrected chi connectivity index (χ0v) is 14.2. The minimum Gasteiger partial charge on any atom is -0.349 e. The first kappa shape index (κ1) is 17.0. The Morgan fingerprint density at radius 3 is 2.41 bits per heavy atom. The van der Waals surface area contributed by atoms with Crippen LogP contribution in [0.3, 0.4) is 0 Å². The molecule has 1 N–H and O–H groups in total. The van der Waals surface area contributed by atoms with E-state index in [0.29, 0.717) is 24.6 Å². The van der Waals surface area contributed by atoms with Gasteiger partial charge in [-0.15, -0.1) is 0 Å². The number of carbonyl (C=O) groups excluding carboxylic acids is 1. The van der Waals surface area contributed by atoms with Crippen LogP contribution in [0.5, 0.6) is 0 Å². The first-order chi connectivity index (χ1) is 10.3. The van der Waals surface area contributed by atoms with E-state index >= 15 is 0 Å². The van der Waals surface area contributed by atoms with Crippen LogP contribution in [0.4, 0.5) is 0 Å². The summed E-state index contributed by atoms with van der Waals surface area (Å²) >= 11 is 0. The van der Waals surface area contributed by atoms with Crippen LogP contribution < -0.4 is 5.32 Å². The molecule has 1 aromatic rings. The Hall–Kier alpha value is -1.40. The summed E-state index contributed by atoms with van der Waals surface area (Å²) in [6, 6.07) is 6.32. The van der Waals surface area contributed by atoms with Crippen molar-refractivity contribution in [2.45, 2.75) is 44.6 Å². The standard InChI is InChI=1S/C16H24N2O3S/c1-12(2)13(3)17-16(19)14-7-6-8-15(11-14)22(20,21)18-9-4-5-10-18/h6-8,11-13H,4-5,9-10H2,1-3H3,(H,17,19)/t13-/m0/s1. The fourth-order valence-corrected chi connectivity index (χ4v) is 3.90. The van der Waals surface area contributed by atoms with Crippen LogP contribution >= 0.6 is 0 Å². The largest absolute Gasteiger partial charge is 0.349 e. The highest BCUT2D eigenvalue weighted by Crippen LogP contribution is 2.21. The van der Waals surface area contributed by atoms with Crippen LogP contribution in [-0.2, 0) is 10.0 Å². The number of hydrogen-bond acceptors (Lipinski definition) is 3. The average Bonchev–Trinajstić information content (AvgIpc) is 3.02. The summed E-state index contributed by atoms with van der Waals surface area (Å²) in [7, 11) is -3.49. The Morgan fingerprint density at radius 1 is 1.18 bits per heavy atom. The summed E-state index contributed by atoms with van der Waals surface area (Å²) in [5, 5.41) is 2.90. The zero-order chi connectivity index (χ0) is 16.3. The van der Waals surface area contributed by atoms with E-state index in [9.17, 15) is 13.2 Å². The Labute approximate surface area is 132 Å². The maximum atomic E-state index is 12.5. The maximum absolute atomic E-state index is 12.5. The molecular weight excluding hydrogens is 300 g/mol. The molecule has 1 fully saturated rings. The molecule has 2 rings (SSSR count). The lowest BCUT2D eigenvalue weighted by molar-refractivity contribution is 0.0930. The second-order valence-electron chi connectivity index (χ2n) is 6.15. The Bertz CT molecular complexity index is 635. The molecule has 5 nitrogen and oxygen atoms in total. The third-order valence-electron chi connectivity index (χ3n) is 4.16. The number of sulfonamides is 1. The number of benzene rings is 1. The van der Waals surface area contributed by atoms with Gasteiger partial charge in [-0.2, -0.15) is 4.31 Å². The molecule has 0 aromatic heterocycles. The van der Waals surface area contributed by atoms with E-state index in [-0.39, 0.29) is 16.8 Å². The number of rotatable bonds is 5. The van der Waals surface area contributed by atoms with Gasteiger partial charge in [0.25, 0.3) is 5.91 Å². The molecule has 0 bridgehead atoms. The van der Waals surface area contributed by atoms with Crippen molar-refractivity contribution in [3.8, 4) is 0 Å². The SMILES string of the molecule is CC(C)[C@H](C)NC(=O)c1cccc(S(=O)(=O)N2CCCC2)c1. The third kappa shape index (κ3) is 3.67. The molecule has 1 aromatic carbocycles. The number of amides is 1. The van der Waals surface area contributed by atoms with E-state index in [4.69, 9.17) is 0 Å². The quantitative estimate of drug-likeness (QED) is 0.903. The molecule has 22 heavy (non-hydrogen) atoms. The highest BCUT2D eigenvalue weighted by molar-refractivity contribution is 7.89. The molecule has 0 unspecified atom stereocenters. The van der Waals surface area contributed by atoms with Gasteiger partial charge in [0.15, 0.2) is 0 Å². The van der Waals surface area contributed by atoms with Crippen molar-refractivity contribution in [1.29, 1.82) is 0 Å². The molecule has 1 atom stereocenters. The van der Waals surface area contributed by atoms with Crippen molar-refractivity contribution in [3.63, 3.8) is 0 Å². The van der Waals surface area contributed by atoms with E-state index in [1.54, 1.807) is 18.2 Å². The van der Waals surface area contributed by atoms with E-state index in [2.05, 4.69) is 5.32 Å². The summed E-state index contributed by atoms with van der Waals surface area (Å²) < 4.78 is 26.6. The summed E-state index contributed by atoms with van der Waals surface area (Å²) in [4.78, 5) is 12.4. The van der Waals surface area contributed by atoms with Gasteiger partial charge >= 0.3 is 0 Å². The van der Waals surface area contributed by atoms with Crippen LogP contribution in [0.1, 0.15) is 44.0 Å². The highest BCUT2D eigenvalue weighted by Gasteiger charge is 2.27. The minimum absolute atomic E-state index is 0.0337. The van der Waals surface area contributed by atoms with E-state index in [0.717, 1.165) is 12.8 Å². The van der Waals surface area contributed by atoms with Gasteiger partial charge in [-0.25, -0.2) is 8.42 Å². The average molecular weight is 324 g/mol. The Balaban J connectivity index is 2.21.